The molecule has 0 N–H and O–H groups in total. The molecule has 0 aromatic heterocycles. The van der Waals surface area contributed by atoms with E-state index in [0.717, 1.165) is 18.1 Å². The molecule has 4 nitrogen and oxygen atoms in total. The zero-order valence-corrected chi connectivity index (χ0v) is 15.0. The fourth-order valence-electron chi connectivity index (χ4n) is 2.48. The Morgan fingerprint density at radius 1 is 1.00 bits per heavy atom. The average molecular weight is 302 g/mol. The summed E-state index contributed by atoms with van der Waals surface area (Å²) in [6, 6.07) is 2.99. The first kappa shape index (κ1) is 19.3. The van der Waals surface area contributed by atoms with Crippen molar-refractivity contribution in [3.63, 3.8) is 0 Å². The van der Waals surface area contributed by atoms with Crippen molar-refractivity contribution in [1.82, 2.24) is 0 Å². The van der Waals surface area contributed by atoms with Gasteiger partial charge in [0.15, 0.2) is 8.32 Å². The minimum atomic E-state index is -1.87. The molecule has 0 bridgehead atoms. The van der Waals surface area contributed by atoms with E-state index in [1.165, 1.54) is 7.11 Å². The summed E-state index contributed by atoms with van der Waals surface area (Å²) in [5.41, 5.74) is 0. The van der Waals surface area contributed by atoms with Crippen LogP contribution in [0.25, 0.3) is 0 Å². The Morgan fingerprint density at radius 2 is 1.45 bits per heavy atom. The van der Waals surface area contributed by atoms with E-state index in [9.17, 15) is 9.59 Å². The summed E-state index contributed by atoms with van der Waals surface area (Å²) in [7, 11) is -0.497. The van der Waals surface area contributed by atoms with Gasteiger partial charge in [-0.2, -0.15) is 0 Å². The molecule has 20 heavy (non-hydrogen) atoms. The minimum absolute atomic E-state index is 0.0527. The van der Waals surface area contributed by atoms with Crippen molar-refractivity contribution < 1.29 is 18.8 Å². The second kappa shape index (κ2) is 8.57. The smallest absolute Gasteiger partial charge is 0.310 e. The maximum Gasteiger partial charge on any atom is 0.310 e. The van der Waals surface area contributed by atoms with Gasteiger partial charge in [0.2, 0.25) is 0 Å². The lowest BCUT2D eigenvalue weighted by Crippen LogP contribution is -2.47. The third-order valence-electron chi connectivity index (χ3n) is 4.52. The molecule has 3 atom stereocenters. The predicted octanol–water partition coefficient (Wildman–Crippen LogP) is 3.41. The summed E-state index contributed by atoms with van der Waals surface area (Å²) in [5, 5.41) is 0. The maximum absolute atomic E-state index is 11.8. The van der Waals surface area contributed by atoms with E-state index in [0.29, 0.717) is 0 Å². The molecule has 5 heteroatoms. The summed E-state index contributed by atoms with van der Waals surface area (Å²) >= 11 is 0. The second-order valence-electron chi connectivity index (χ2n) is 5.54. The van der Waals surface area contributed by atoms with Gasteiger partial charge in [0.25, 0.3) is 0 Å². The molecule has 0 amide bonds. The number of hydrogen-bond donors (Lipinski definition) is 0. The van der Waals surface area contributed by atoms with Crippen LogP contribution in [0.3, 0.4) is 0 Å². The van der Waals surface area contributed by atoms with Gasteiger partial charge in [-0.15, -0.1) is 0 Å². The Bertz CT molecular complexity index is 318. The van der Waals surface area contributed by atoms with E-state index < -0.39 is 14.2 Å². The van der Waals surface area contributed by atoms with Crippen LogP contribution in [0.15, 0.2) is 0 Å². The monoisotopic (exact) mass is 302 g/mol. The number of carbonyl (C=O) groups excluding carboxylic acids is 2. The second-order valence-corrected chi connectivity index (χ2v) is 10.3. The Hall–Kier alpha value is -0.683. The Balaban J connectivity index is 5.32. The van der Waals surface area contributed by atoms with E-state index in [2.05, 4.69) is 20.8 Å². The van der Waals surface area contributed by atoms with Crippen LogP contribution >= 0.6 is 0 Å². The van der Waals surface area contributed by atoms with Crippen LogP contribution in [0.4, 0.5) is 0 Å². The highest BCUT2D eigenvalue weighted by atomic mass is 28.4. The van der Waals surface area contributed by atoms with Crippen LogP contribution in [0, 0.1) is 11.8 Å². The molecule has 0 aliphatic carbocycles. The van der Waals surface area contributed by atoms with Gasteiger partial charge in [0.05, 0.1) is 19.1 Å². The highest BCUT2D eigenvalue weighted by Gasteiger charge is 2.39. The molecule has 0 aromatic rings. The SMILES string of the molecule is CC[Si](CC)(CC)O[C@@H]([C@@H](C)C(C)=O)[C@@H](C)C(=O)OC. The van der Waals surface area contributed by atoms with E-state index in [-0.39, 0.29) is 23.8 Å². The molecule has 0 fully saturated rings. The van der Waals surface area contributed by atoms with Crippen molar-refractivity contribution in [1.29, 1.82) is 0 Å². The number of rotatable bonds is 9. The molecule has 0 aromatic carbocycles. The van der Waals surface area contributed by atoms with Crippen molar-refractivity contribution >= 4 is 20.1 Å². The first-order valence-electron chi connectivity index (χ1n) is 7.54. The van der Waals surface area contributed by atoms with Crippen molar-refractivity contribution in [2.75, 3.05) is 7.11 Å². The quantitative estimate of drug-likeness (QED) is 0.484. The van der Waals surface area contributed by atoms with Gasteiger partial charge in [-0.1, -0.05) is 27.7 Å². The number of carbonyl (C=O) groups is 2. The molecule has 0 saturated heterocycles. The molecule has 0 unspecified atom stereocenters. The molecular weight excluding hydrogens is 272 g/mol. The van der Waals surface area contributed by atoms with Crippen LogP contribution in [0.5, 0.6) is 0 Å². The van der Waals surface area contributed by atoms with Crippen LogP contribution in [0.1, 0.15) is 41.5 Å². The zero-order valence-electron chi connectivity index (χ0n) is 14.0. The fourth-order valence-corrected chi connectivity index (χ4v) is 5.46. The van der Waals surface area contributed by atoms with Gasteiger partial charge in [-0.3, -0.25) is 9.59 Å². The molecule has 0 radical (unpaired) electrons. The zero-order chi connectivity index (χ0) is 15.9. The number of hydrogen-bond acceptors (Lipinski definition) is 4. The number of esters is 1. The third kappa shape index (κ3) is 4.70. The summed E-state index contributed by atoms with van der Waals surface area (Å²) in [6.45, 7) is 11.6. The molecule has 0 aliphatic heterocycles. The summed E-state index contributed by atoms with van der Waals surface area (Å²) in [6.07, 6.45) is -0.383. The number of methoxy groups -OCH3 is 1. The van der Waals surface area contributed by atoms with Crippen LogP contribution in [-0.4, -0.2) is 33.3 Å². The van der Waals surface area contributed by atoms with E-state index in [4.69, 9.17) is 9.16 Å². The molecule has 118 valence electrons. The summed E-state index contributed by atoms with van der Waals surface area (Å²) in [5.74, 6) is -0.970. The fraction of sp³-hybridized carbons (Fsp3) is 0.867. The van der Waals surface area contributed by atoms with Crippen LogP contribution in [0.2, 0.25) is 18.1 Å². The lowest BCUT2D eigenvalue weighted by atomic mass is 9.91. The van der Waals surface area contributed by atoms with Crippen molar-refractivity contribution in [2.45, 2.75) is 65.8 Å². The Kier molecular flexibility index (Phi) is 8.28. The van der Waals surface area contributed by atoms with Crippen molar-refractivity contribution in [3.8, 4) is 0 Å². The van der Waals surface area contributed by atoms with Gasteiger partial charge in [-0.05, 0) is 32.0 Å². The molecular formula is C15H30O4Si. The molecule has 0 spiro atoms. The van der Waals surface area contributed by atoms with E-state index in [1.807, 2.05) is 6.92 Å². The lowest BCUT2D eigenvalue weighted by Gasteiger charge is -2.37. The van der Waals surface area contributed by atoms with E-state index >= 15 is 0 Å². The standard InChI is InChI=1S/C15H30O4Si/c1-8-20(9-2,10-3)19-14(11(4)13(6)16)12(5)15(17)18-7/h11-12,14H,8-10H2,1-7H3/t11-,12+,14-/m0/s1. The topological polar surface area (TPSA) is 52.6 Å². The predicted molar refractivity (Wildman–Crippen MR) is 83.1 cm³/mol. The van der Waals surface area contributed by atoms with Crippen LogP contribution in [-0.2, 0) is 18.8 Å². The first-order chi connectivity index (χ1) is 9.28. The lowest BCUT2D eigenvalue weighted by molar-refractivity contribution is -0.150. The van der Waals surface area contributed by atoms with Gasteiger partial charge >= 0.3 is 5.97 Å². The number of Topliss-reactive ketones (excluding diaryl/α,β-unsaturated/α-hetero) is 1. The van der Waals surface area contributed by atoms with Gasteiger partial charge < -0.3 is 9.16 Å². The van der Waals surface area contributed by atoms with Gasteiger partial charge in [-0.25, -0.2) is 0 Å². The van der Waals surface area contributed by atoms with Crippen LogP contribution < -0.4 is 0 Å². The largest absolute Gasteiger partial charge is 0.469 e. The molecule has 0 saturated carbocycles. The van der Waals surface area contributed by atoms with Crippen molar-refractivity contribution in [2.24, 2.45) is 11.8 Å². The highest BCUT2D eigenvalue weighted by molar-refractivity contribution is 6.73. The minimum Gasteiger partial charge on any atom is -0.469 e. The number of ketones is 1. The molecule has 0 aliphatic rings. The molecule has 0 heterocycles. The average Bonchev–Trinajstić information content (AvgIpc) is 2.47. The highest BCUT2D eigenvalue weighted by Crippen LogP contribution is 2.29. The maximum atomic E-state index is 11.8. The van der Waals surface area contributed by atoms with Gasteiger partial charge in [0, 0.05) is 5.92 Å². The normalized spacial score (nSPS) is 16.4. The van der Waals surface area contributed by atoms with Gasteiger partial charge in [0.1, 0.15) is 5.78 Å². The third-order valence-corrected chi connectivity index (χ3v) is 9.16. The Morgan fingerprint density at radius 3 is 1.75 bits per heavy atom. The summed E-state index contributed by atoms with van der Waals surface area (Å²) in [4.78, 5) is 23.6. The first-order valence-corrected chi connectivity index (χ1v) is 10.1. The Labute approximate surface area is 124 Å². The summed E-state index contributed by atoms with van der Waals surface area (Å²) < 4.78 is 11.2. The number of ether oxygens (including phenoxy) is 1. The van der Waals surface area contributed by atoms with E-state index in [1.54, 1.807) is 13.8 Å². The van der Waals surface area contributed by atoms with Crippen molar-refractivity contribution in [3.05, 3.63) is 0 Å². The molecule has 0 rings (SSSR count).